The minimum Gasteiger partial charge on any atom is -0.507 e. The number of hydrogen-bond acceptors (Lipinski definition) is 3. The zero-order valence-electron chi connectivity index (χ0n) is 9.22. The molecule has 0 radical (unpaired) electrons. The van der Waals surface area contributed by atoms with Crippen molar-refractivity contribution in [1.82, 2.24) is 5.32 Å². The molecule has 4 heteroatoms. The largest absolute Gasteiger partial charge is 0.507 e. The van der Waals surface area contributed by atoms with Gasteiger partial charge in [-0.1, -0.05) is 0 Å². The quantitative estimate of drug-likeness (QED) is 0.884. The molecule has 0 heterocycles. The monoisotopic (exact) mass is 273 g/mol. The zero-order chi connectivity index (χ0) is 11.4. The van der Waals surface area contributed by atoms with Crippen LogP contribution in [0, 0.1) is 6.92 Å². The van der Waals surface area contributed by atoms with Gasteiger partial charge in [0.1, 0.15) is 11.5 Å². The molecule has 0 saturated heterocycles. The van der Waals surface area contributed by atoms with E-state index in [0.29, 0.717) is 11.5 Å². The SMILES string of the molecule is CNCCc1cc(Br)c(OC)c(C)c1O. The number of phenols is 1. The molecule has 1 rings (SSSR count). The molecule has 0 atom stereocenters. The molecule has 0 saturated carbocycles. The number of methoxy groups -OCH3 is 1. The van der Waals surface area contributed by atoms with Crippen LogP contribution < -0.4 is 10.1 Å². The third-order valence-electron chi connectivity index (χ3n) is 2.37. The summed E-state index contributed by atoms with van der Waals surface area (Å²) in [5.74, 6) is 1.02. The summed E-state index contributed by atoms with van der Waals surface area (Å²) >= 11 is 3.43. The fourth-order valence-electron chi connectivity index (χ4n) is 1.52. The van der Waals surface area contributed by atoms with Crippen LogP contribution >= 0.6 is 15.9 Å². The molecule has 0 aliphatic carbocycles. The topological polar surface area (TPSA) is 41.5 Å². The van der Waals surface area contributed by atoms with E-state index < -0.39 is 0 Å². The van der Waals surface area contributed by atoms with Gasteiger partial charge in [0, 0.05) is 5.56 Å². The highest BCUT2D eigenvalue weighted by Gasteiger charge is 2.13. The number of likely N-dealkylation sites (N-methyl/N-ethyl adjacent to an activating group) is 1. The standard InChI is InChI=1S/C11H16BrNO2/c1-7-10(14)8(4-5-13-2)6-9(12)11(7)15-3/h6,13-14H,4-5H2,1-3H3. The molecule has 0 aromatic heterocycles. The lowest BCUT2D eigenvalue weighted by molar-refractivity contribution is 0.398. The van der Waals surface area contributed by atoms with Gasteiger partial charge in [-0.05, 0) is 54.5 Å². The van der Waals surface area contributed by atoms with Crippen LogP contribution in [0.1, 0.15) is 11.1 Å². The van der Waals surface area contributed by atoms with Gasteiger partial charge in [-0.15, -0.1) is 0 Å². The van der Waals surface area contributed by atoms with E-state index in [1.807, 2.05) is 20.0 Å². The van der Waals surface area contributed by atoms with E-state index in [-0.39, 0.29) is 0 Å². The Hall–Kier alpha value is -0.740. The summed E-state index contributed by atoms with van der Waals surface area (Å²) in [5.41, 5.74) is 1.70. The van der Waals surface area contributed by atoms with Gasteiger partial charge >= 0.3 is 0 Å². The van der Waals surface area contributed by atoms with Crippen molar-refractivity contribution in [3.8, 4) is 11.5 Å². The lowest BCUT2D eigenvalue weighted by Gasteiger charge is -2.13. The molecular weight excluding hydrogens is 258 g/mol. The van der Waals surface area contributed by atoms with Gasteiger partial charge in [0.25, 0.3) is 0 Å². The summed E-state index contributed by atoms with van der Waals surface area (Å²) in [6.07, 6.45) is 0.797. The van der Waals surface area contributed by atoms with Crippen molar-refractivity contribution >= 4 is 15.9 Å². The van der Waals surface area contributed by atoms with Crippen LogP contribution in [0.5, 0.6) is 11.5 Å². The zero-order valence-corrected chi connectivity index (χ0v) is 10.8. The van der Waals surface area contributed by atoms with Gasteiger partial charge in [0.15, 0.2) is 0 Å². The van der Waals surface area contributed by atoms with E-state index in [1.54, 1.807) is 7.11 Å². The van der Waals surface area contributed by atoms with Crippen molar-refractivity contribution in [2.24, 2.45) is 0 Å². The minimum absolute atomic E-state index is 0.324. The summed E-state index contributed by atoms with van der Waals surface area (Å²) in [4.78, 5) is 0. The first kappa shape index (κ1) is 12.3. The van der Waals surface area contributed by atoms with Gasteiger partial charge in [0.2, 0.25) is 0 Å². The lowest BCUT2D eigenvalue weighted by Crippen LogP contribution is -2.10. The molecule has 0 aliphatic rings. The molecule has 0 fully saturated rings. The number of rotatable bonds is 4. The summed E-state index contributed by atoms with van der Waals surface area (Å²) in [6.45, 7) is 2.69. The Labute approximate surface area is 98.6 Å². The molecule has 0 bridgehead atoms. The molecule has 3 nitrogen and oxygen atoms in total. The maximum Gasteiger partial charge on any atom is 0.139 e. The molecule has 2 N–H and O–H groups in total. The second-order valence-electron chi connectivity index (χ2n) is 3.38. The molecular formula is C11H16BrNO2. The lowest BCUT2D eigenvalue weighted by atomic mass is 10.1. The van der Waals surface area contributed by atoms with Crippen molar-refractivity contribution < 1.29 is 9.84 Å². The third-order valence-corrected chi connectivity index (χ3v) is 2.96. The average Bonchev–Trinajstić information content (AvgIpc) is 2.22. The Kier molecular flexibility index (Phi) is 4.42. The molecule has 0 unspecified atom stereocenters. The van der Waals surface area contributed by atoms with Crippen LogP contribution in [0.4, 0.5) is 0 Å². The molecule has 1 aromatic carbocycles. The number of ether oxygens (including phenoxy) is 1. The van der Waals surface area contributed by atoms with Crippen LogP contribution in [0.15, 0.2) is 10.5 Å². The second kappa shape index (κ2) is 5.37. The van der Waals surface area contributed by atoms with E-state index in [4.69, 9.17) is 4.74 Å². The van der Waals surface area contributed by atoms with Crippen molar-refractivity contribution in [2.75, 3.05) is 20.7 Å². The Morgan fingerprint density at radius 1 is 1.53 bits per heavy atom. The number of phenolic OH excluding ortho intramolecular Hbond substituents is 1. The molecule has 15 heavy (non-hydrogen) atoms. The van der Waals surface area contributed by atoms with E-state index in [9.17, 15) is 5.11 Å². The summed E-state index contributed by atoms with van der Waals surface area (Å²) in [7, 11) is 3.49. The maximum atomic E-state index is 9.93. The van der Waals surface area contributed by atoms with Crippen molar-refractivity contribution in [1.29, 1.82) is 0 Å². The highest BCUT2D eigenvalue weighted by Crippen LogP contribution is 2.37. The highest BCUT2D eigenvalue weighted by atomic mass is 79.9. The summed E-state index contributed by atoms with van der Waals surface area (Å²) in [6, 6.07) is 1.90. The number of halogens is 1. The van der Waals surface area contributed by atoms with Gasteiger partial charge in [-0.25, -0.2) is 0 Å². The van der Waals surface area contributed by atoms with E-state index >= 15 is 0 Å². The number of hydrogen-bond donors (Lipinski definition) is 2. The van der Waals surface area contributed by atoms with Crippen LogP contribution in [0.2, 0.25) is 0 Å². The number of benzene rings is 1. The smallest absolute Gasteiger partial charge is 0.139 e. The third kappa shape index (κ3) is 2.63. The van der Waals surface area contributed by atoms with Gasteiger partial charge in [0.05, 0.1) is 11.6 Å². The normalized spacial score (nSPS) is 10.4. The first-order valence-electron chi connectivity index (χ1n) is 4.81. The molecule has 0 spiro atoms. The van der Waals surface area contributed by atoms with Gasteiger partial charge in [-0.2, -0.15) is 0 Å². The predicted octanol–water partition coefficient (Wildman–Crippen LogP) is 2.23. The van der Waals surface area contributed by atoms with Crippen molar-refractivity contribution in [2.45, 2.75) is 13.3 Å². The number of aromatic hydroxyl groups is 1. The second-order valence-corrected chi connectivity index (χ2v) is 4.23. The minimum atomic E-state index is 0.324. The van der Waals surface area contributed by atoms with E-state index in [2.05, 4.69) is 21.2 Å². The van der Waals surface area contributed by atoms with Crippen LogP contribution in [0.25, 0.3) is 0 Å². The van der Waals surface area contributed by atoms with Gasteiger partial charge in [-0.3, -0.25) is 0 Å². The average molecular weight is 274 g/mol. The highest BCUT2D eigenvalue weighted by molar-refractivity contribution is 9.10. The molecule has 0 amide bonds. The van der Waals surface area contributed by atoms with Crippen LogP contribution in [0.3, 0.4) is 0 Å². The first-order valence-corrected chi connectivity index (χ1v) is 5.60. The Morgan fingerprint density at radius 3 is 2.73 bits per heavy atom. The van der Waals surface area contributed by atoms with Crippen LogP contribution in [-0.2, 0) is 6.42 Å². The van der Waals surface area contributed by atoms with Crippen molar-refractivity contribution in [3.63, 3.8) is 0 Å². The summed E-state index contributed by atoms with van der Waals surface area (Å²) in [5, 5.41) is 13.0. The van der Waals surface area contributed by atoms with E-state index in [0.717, 1.165) is 28.6 Å². The number of nitrogens with one attached hydrogen (secondary N) is 1. The van der Waals surface area contributed by atoms with Gasteiger partial charge < -0.3 is 15.2 Å². The van der Waals surface area contributed by atoms with Crippen molar-refractivity contribution in [3.05, 3.63) is 21.7 Å². The Balaban J connectivity index is 3.10. The molecule has 84 valence electrons. The predicted molar refractivity (Wildman–Crippen MR) is 64.7 cm³/mol. The molecule has 1 aromatic rings. The van der Waals surface area contributed by atoms with E-state index in [1.165, 1.54) is 0 Å². The summed E-state index contributed by atoms with van der Waals surface area (Å²) < 4.78 is 6.07. The van der Waals surface area contributed by atoms with Crippen LogP contribution in [-0.4, -0.2) is 25.8 Å². The Morgan fingerprint density at radius 2 is 2.20 bits per heavy atom. The first-order chi connectivity index (χ1) is 7.11. The Bertz CT molecular complexity index is 353. The molecule has 0 aliphatic heterocycles. The maximum absolute atomic E-state index is 9.93. The fraction of sp³-hybridized carbons (Fsp3) is 0.455. The fourth-order valence-corrected chi connectivity index (χ4v) is 2.25.